The fourth-order valence-electron chi connectivity index (χ4n) is 2.43. The van der Waals surface area contributed by atoms with Crippen molar-refractivity contribution in [3.8, 4) is 0 Å². The third kappa shape index (κ3) is 2.59. The topological polar surface area (TPSA) is 12.9 Å². The minimum absolute atomic E-state index is 0.0970. The maximum Gasteiger partial charge on any atom is 0.123 e. The summed E-state index contributed by atoms with van der Waals surface area (Å²) in [6.45, 7) is 0. The summed E-state index contributed by atoms with van der Waals surface area (Å²) in [7, 11) is 0. The number of nitrogens with zero attached hydrogens (tertiary/aromatic N) is 1. The number of hydrogen-bond acceptors (Lipinski definition) is 1. The summed E-state index contributed by atoms with van der Waals surface area (Å²) in [5.74, 6) is -0.116. The van der Waals surface area contributed by atoms with Gasteiger partial charge in [0.25, 0.3) is 0 Å². The molecule has 1 atom stereocenters. The zero-order valence-corrected chi connectivity index (χ0v) is 10.9. The van der Waals surface area contributed by atoms with Crippen molar-refractivity contribution in [2.45, 2.75) is 5.92 Å². The molecule has 0 amide bonds. The molecule has 0 saturated carbocycles. The Morgan fingerprint density at radius 1 is 0.650 bits per heavy atom. The van der Waals surface area contributed by atoms with Gasteiger partial charge in [-0.15, -0.1) is 0 Å². The molecule has 0 radical (unpaired) electrons. The summed E-state index contributed by atoms with van der Waals surface area (Å²) in [4.78, 5) is 4.07. The van der Waals surface area contributed by atoms with E-state index in [1.165, 1.54) is 17.7 Å². The van der Waals surface area contributed by atoms with E-state index in [2.05, 4.69) is 17.1 Å². The Hall–Kier alpha value is -2.48. The van der Waals surface area contributed by atoms with Crippen LogP contribution in [0.5, 0.6) is 0 Å². The lowest BCUT2D eigenvalue weighted by Crippen LogP contribution is -2.03. The van der Waals surface area contributed by atoms with Gasteiger partial charge in [-0.05, 0) is 41.0 Å². The summed E-state index contributed by atoms with van der Waals surface area (Å²) >= 11 is 0. The molecule has 2 aromatic carbocycles. The number of aromatic nitrogens is 1. The number of rotatable bonds is 3. The standard InChI is InChI=1S/C18H14FN/c19-17-8-6-15(7-9-17)18(14-4-2-1-3-5-14)16-10-12-20-13-11-16/h1-13,18H. The maximum atomic E-state index is 13.1. The van der Waals surface area contributed by atoms with Crippen molar-refractivity contribution in [1.29, 1.82) is 0 Å². The predicted octanol–water partition coefficient (Wildman–Crippen LogP) is 4.40. The molecule has 3 aromatic rings. The Bertz CT molecular complexity index is 623. The van der Waals surface area contributed by atoms with Crippen LogP contribution in [-0.4, -0.2) is 4.98 Å². The van der Waals surface area contributed by atoms with Crippen molar-refractivity contribution in [3.63, 3.8) is 0 Å². The van der Waals surface area contributed by atoms with E-state index in [1.807, 2.05) is 42.5 Å². The Balaban J connectivity index is 2.11. The molecule has 1 nitrogen and oxygen atoms in total. The molecular formula is C18H14FN. The van der Waals surface area contributed by atoms with Crippen LogP contribution in [0.4, 0.5) is 4.39 Å². The third-order valence-electron chi connectivity index (χ3n) is 3.38. The van der Waals surface area contributed by atoms with Gasteiger partial charge in [-0.25, -0.2) is 4.39 Å². The minimum Gasteiger partial charge on any atom is -0.265 e. The van der Waals surface area contributed by atoms with Crippen molar-refractivity contribution in [2.24, 2.45) is 0 Å². The maximum absolute atomic E-state index is 13.1. The van der Waals surface area contributed by atoms with Crippen LogP contribution in [0.1, 0.15) is 22.6 Å². The molecule has 0 aliphatic heterocycles. The molecule has 0 saturated heterocycles. The fourth-order valence-corrected chi connectivity index (χ4v) is 2.43. The molecule has 1 unspecified atom stereocenters. The van der Waals surface area contributed by atoms with Gasteiger partial charge in [-0.2, -0.15) is 0 Å². The van der Waals surface area contributed by atoms with E-state index < -0.39 is 0 Å². The molecule has 1 aromatic heterocycles. The Morgan fingerprint density at radius 3 is 1.85 bits per heavy atom. The highest BCUT2D eigenvalue weighted by atomic mass is 19.1. The smallest absolute Gasteiger partial charge is 0.123 e. The van der Waals surface area contributed by atoms with Crippen LogP contribution in [0.25, 0.3) is 0 Å². The summed E-state index contributed by atoms with van der Waals surface area (Å²) < 4.78 is 13.1. The third-order valence-corrected chi connectivity index (χ3v) is 3.38. The first-order chi connectivity index (χ1) is 9.84. The number of benzene rings is 2. The van der Waals surface area contributed by atoms with E-state index in [0.29, 0.717) is 0 Å². The first kappa shape index (κ1) is 12.5. The summed E-state index contributed by atoms with van der Waals surface area (Å²) in [6, 6.07) is 20.9. The van der Waals surface area contributed by atoms with E-state index in [1.54, 1.807) is 12.4 Å². The quantitative estimate of drug-likeness (QED) is 0.682. The molecule has 0 aliphatic rings. The van der Waals surface area contributed by atoms with Crippen molar-refractivity contribution in [3.05, 3.63) is 102 Å². The molecule has 0 spiro atoms. The Morgan fingerprint density at radius 2 is 1.20 bits per heavy atom. The van der Waals surface area contributed by atoms with Crippen LogP contribution in [0.3, 0.4) is 0 Å². The van der Waals surface area contributed by atoms with E-state index in [-0.39, 0.29) is 11.7 Å². The van der Waals surface area contributed by atoms with Crippen molar-refractivity contribution in [1.82, 2.24) is 4.98 Å². The molecular weight excluding hydrogens is 249 g/mol. The second kappa shape index (κ2) is 5.66. The first-order valence-electron chi connectivity index (χ1n) is 6.55. The van der Waals surface area contributed by atoms with Crippen molar-refractivity contribution >= 4 is 0 Å². The highest BCUT2D eigenvalue weighted by Crippen LogP contribution is 2.31. The van der Waals surface area contributed by atoms with Gasteiger partial charge in [0, 0.05) is 18.3 Å². The molecule has 0 bridgehead atoms. The second-order valence-corrected chi connectivity index (χ2v) is 4.68. The highest BCUT2D eigenvalue weighted by Gasteiger charge is 2.16. The number of hydrogen-bond donors (Lipinski definition) is 0. The first-order valence-corrected chi connectivity index (χ1v) is 6.55. The Labute approximate surface area is 117 Å². The van der Waals surface area contributed by atoms with Crippen LogP contribution in [0, 0.1) is 5.82 Å². The monoisotopic (exact) mass is 263 g/mol. The average Bonchev–Trinajstić information content (AvgIpc) is 2.52. The van der Waals surface area contributed by atoms with Crippen LogP contribution >= 0.6 is 0 Å². The summed E-state index contributed by atoms with van der Waals surface area (Å²) in [6.07, 6.45) is 3.57. The van der Waals surface area contributed by atoms with Gasteiger partial charge in [-0.3, -0.25) is 4.98 Å². The fraction of sp³-hybridized carbons (Fsp3) is 0.0556. The van der Waals surface area contributed by atoms with Crippen LogP contribution in [-0.2, 0) is 0 Å². The zero-order valence-electron chi connectivity index (χ0n) is 10.9. The van der Waals surface area contributed by atoms with Gasteiger partial charge in [0.15, 0.2) is 0 Å². The predicted molar refractivity (Wildman–Crippen MR) is 78.0 cm³/mol. The minimum atomic E-state index is -0.213. The summed E-state index contributed by atoms with van der Waals surface area (Å²) in [5.41, 5.74) is 3.41. The van der Waals surface area contributed by atoms with Gasteiger partial charge >= 0.3 is 0 Å². The molecule has 0 N–H and O–H groups in total. The van der Waals surface area contributed by atoms with Crippen LogP contribution in [0.2, 0.25) is 0 Å². The molecule has 0 aliphatic carbocycles. The number of pyridine rings is 1. The molecule has 98 valence electrons. The normalized spacial score (nSPS) is 12.1. The van der Waals surface area contributed by atoms with E-state index in [0.717, 1.165) is 11.1 Å². The Kier molecular flexibility index (Phi) is 3.55. The number of halogens is 1. The SMILES string of the molecule is Fc1ccc(C(c2ccccc2)c2ccncc2)cc1. The lowest BCUT2D eigenvalue weighted by atomic mass is 9.86. The van der Waals surface area contributed by atoms with Crippen molar-refractivity contribution < 1.29 is 4.39 Å². The highest BCUT2D eigenvalue weighted by molar-refractivity contribution is 5.42. The van der Waals surface area contributed by atoms with Crippen LogP contribution in [0.15, 0.2) is 79.1 Å². The van der Waals surface area contributed by atoms with Gasteiger partial charge in [-0.1, -0.05) is 42.5 Å². The van der Waals surface area contributed by atoms with Gasteiger partial charge in [0.2, 0.25) is 0 Å². The van der Waals surface area contributed by atoms with Crippen LogP contribution < -0.4 is 0 Å². The lowest BCUT2D eigenvalue weighted by molar-refractivity contribution is 0.627. The van der Waals surface area contributed by atoms with Gasteiger partial charge in [0.1, 0.15) is 5.82 Å². The largest absolute Gasteiger partial charge is 0.265 e. The second-order valence-electron chi connectivity index (χ2n) is 4.68. The molecule has 3 rings (SSSR count). The average molecular weight is 263 g/mol. The summed E-state index contributed by atoms with van der Waals surface area (Å²) in [5, 5.41) is 0. The molecule has 1 heterocycles. The van der Waals surface area contributed by atoms with E-state index in [9.17, 15) is 4.39 Å². The zero-order chi connectivity index (χ0) is 13.8. The molecule has 2 heteroatoms. The van der Waals surface area contributed by atoms with Gasteiger partial charge in [0.05, 0.1) is 0 Å². The van der Waals surface area contributed by atoms with Gasteiger partial charge < -0.3 is 0 Å². The van der Waals surface area contributed by atoms with Crippen molar-refractivity contribution in [2.75, 3.05) is 0 Å². The van der Waals surface area contributed by atoms with E-state index >= 15 is 0 Å². The molecule has 0 fully saturated rings. The van der Waals surface area contributed by atoms with E-state index in [4.69, 9.17) is 0 Å². The molecule has 20 heavy (non-hydrogen) atoms. The lowest BCUT2D eigenvalue weighted by Gasteiger charge is -2.18.